The highest BCUT2D eigenvalue weighted by atomic mass is 16.7. The van der Waals surface area contributed by atoms with Gasteiger partial charge in [-0.1, -0.05) is 12.8 Å². The number of hydrogen-bond acceptors (Lipinski definition) is 2. The Morgan fingerprint density at radius 3 is 2.78 bits per heavy atom. The summed E-state index contributed by atoms with van der Waals surface area (Å²) in [5.74, 6) is 0. The summed E-state index contributed by atoms with van der Waals surface area (Å²) in [6, 6.07) is 0. The summed E-state index contributed by atoms with van der Waals surface area (Å²) in [6.45, 7) is 2.01. The van der Waals surface area contributed by atoms with Crippen LogP contribution in [0.2, 0.25) is 0 Å². The van der Waals surface area contributed by atoms with Gasteiger partial charge in [0.25, 0.3) is 0 Å². The van der Waals surface area contributed by atoms with Crippen molar-refractivity contribution < 1.29 is 4.84 Å². The Bertz CT molecular complexity index is 67.3. The maximum Gasteiger partial charge on any atom is 0.0684 e. The van der Waals surface area contributed by atoms with Gasteiger partial charge >= 0.3 is 0 Å². The molecule has 9 heavy (non-hydrogen) atoms. The zero-order valence-electron chi connectivity index (χ0n) is 6.10. The SMILES string of the molecule is CN1CCCCCCO1. The fourth-order valence-corrected chi connectivity index (χ4v) is 1.08. The van der Waals surface area contributed by atoms with E-state index < -0.39 is 0 Å². The molecule has 1 aliphatic rings. The first kappa shape index (κ1) is 7.03. The minimum atomic E-state index is 0.913. The predicted octanol–water partition coefficient (Wildman–Crippen LogP) is 1.42. The minimum Gasteiger partial charge on any atom is -0.299 e. The van der Waals surface area contributed by atoms with Crippen molar-refractivity contribution in [3.05, 3.63) is 0 Å². The first-order valence-corrected chi connectivity index (χ1v) is 3.73. The Morgan fingerprint density at radius 2 is 1.89 bits per heavy atom. The molecule has 0 bridgehead atoms. The van der Waals surface area contributed by atoms with E-state index in [0.717, 1.165) is 13.2 Å². The van der Waals surface area contributed by atoms with Crippen molar-refractivity contribution in [2.45, 2.75) is 25.7 Å². The fourth-order valence-electron chi connectivity index (χ4n) is 1.08. The number of hydroxylamine groups is 2. The topological polar surface area (TPSA) is 12.5 Å². The second kappa shape index (κ2) is 3.85. The summed E-state index contributed by atoms with van der Waals surface area (Å²) < 4.78 is 0. The Hall–Kier alpha value is -0.0800. The average Bonchev–Trinajstić information content (AvgIpc) is 1.79. The maximum atomic E-state index is 5.32. The molecule has 1 aliphatic heterocycles. The van der Waals surface area contributed by atoms with Gasteiger partial charge in [-0.2, -0.15) is 5.06 Å². The molecule has 1 heterocycles. The quantitative estimate of drug-likeness (QED) is 0.490. The maximum absolute atomic E-state index is 5.32. The fraction of sp³-hybridized carbons (Fsp3) is 1.00. The molecule has 0 aromatic rings. The molecule has 0 N–H and O–H groups in total. The first-order chi connectivity index (χ1) is 4.39. The molecular weight excluding hydrogens is 114 g/mol. The van der Waals surface area contributed by atoms with E-state index in [4.69, 9.17) is 4.84 Å². The summed E-state index contributed by atoms with van der Waals surface area (Å²) in [5, 5.41) is 1.94. The highest BCUT2D eigenvalue weighted by Gasteiger charge is 2.01. The van der Waals surface area contributed by atoms with Gasteiger partial charge < -0.3 is 0 Å². The molecule has 0 atom stereocenters. The van der Waals surface area contributed by atoms with Gasteiger partial charge in [0.15, 0.2) is 0 Å². The van der Waals surface area contributed by atoms with Crippen LogP contribution in [0.5, 0.6) is 0 Å². The van der Waals surface area contributed by atoms with Gasteiger partial charge in [-0.25, -0.2) is 0 Å². The first-order valence-electron chi connectivity index (χ1n) is 3.73. The van der Waals surface area contributed by atoms with Crippen molar-refractivity contribution in [1.29, 1.82) is 0 Å². The smallest absolute Gasteiger partial charge is 0.0684 e. The standard InChI is InChI=1S/C7H15NO/c1-8-6-4-2-3-5-7-9-8/h2-7H2,1H3. The van der Waals surface area contributed by atoms with Crippen LogP contribution in [0.3, 0.4) is 0 Å². The number of hydrogen-bond donors (Lipinski definition) is 0. The second-order valence-corrected chi connectivity index (χ2v) is 2.60. The zero-order valence-corrected chi connectivity index (χ0v) is 6.10. The summed E-state index contributed by atoms with van der Waals surface area (Å²) in [6.07, 6.45) is 5.22. The molecule has 2 nitrogen and oxygen atoms in total. The van der Waals surface area contributed by atoms with Crippen LogP contribution >= 0.6 is 0 Å². The molecule has 0 unspecified atom stereocenters. The zero-order chi connectivity index (χ0) is 6.53. The van der Waals surface area contributed by atoms with Gasteiger partial charge in [-0.15, -0.1) is 0 Å². The van der Waals surface area contributed by atoms with Crippen molar-refractivity contribution >= 4 is 0 Å². The van der Waals surface area contributed by atoms with Crippen LogP contribution in [-0.2, 0) is 4.84 Å². The summed E-state index contributed by atoms with van der Waals surface area (Å²) in [5.41, 5.74) is 0. The molecule has 2 heteroatoms. The summed E-state index contributed by atoms with van der Waals surface area (Å²) in [4.78, 5) is 5.32. The lowest BCUT2D eigenvalue weighted by Gasteiger charge is -2.18. The van der Waals surface area contributed by atoms with Gasteiger partial charge in [-0.3, -0.25) is 4.84 Å². The third-order valence-corrected chi connectivity index (χ3v) is 1.68. The van der Waals surface area contributed by atoms with Crippen molar-refractivity contribution in [3.63, 3.8) is 0 Å². The lowest BCUT2D eigenvalue weighted by atomic mass is 10.2. The Morgan fingerprint density at radius 1 is 1.11 bits per heavy atom. The van der Waals surface area contributed by atoms with Crippen LogP contribution in [0.1, 0.15) is 25.7 Å². The van der Waals surface area contributed by atoms with Crippen molar-refractivity contribution in [2.75, 3.05) is 20.2 Å². The largest absolute Gasteiger partial charge is 0.299 e. The third-order valence-electron chi connectivity index (χ3n) is 1.68. The van der Waals surface area contributed by atoms with Gasteiger partial charge in [0.1, 0.15) is 0 Å². The van der Waals surface area contributed by atoms with E-state index in [1.165, 1.54) is 25.7 Å². The Kier molecular flexibility index (Phi) is 3.01. The number of rotatable bonds is 0. The molecule has 1 saturated heterocycles. The van der Waals surface area contributed by atoms with Gasteiger partial charge in [0.05, 0.1) is 6.61 Å². The van der Waals surface area contributed by atoms with E-state index in [1.54, 1.807) is 0 Å². The van der Waals surface area contributed by atoms with E-state index in [2.05, 4.69) is 0 Å². The Labute approximate surface area is 56.8 Å². The van der Waals surface area contributed by atoms with Gasteiger partial charge in [-0.05, 0) is 12.8 Å². The minimum absolute atomic E-state index is 0.913. The molecule has 0 aromatic carbocycles. The molecule has 1 fully saturated rings. The molecular formula is C7H15NO. The molecule has 0 spiro atoms. The molecule has 0 radical (unpaired) electrons. The van der Waals surface area contributed by atoms with E-state index in [1.807, 2.05) is 12.1 Å². The van der Waals surface area contributed by atoms with E-state index in [9.17, 15) is 0 Å². The van der Waals surface area contributed by atoms with Crippen LogP contribution in [0, 0.1) is 0 Å². The van der Waals surface area contributed by atoms with Gasteiger partial charge in [0, 0.05) is 13.6 Å². The highest BCUT2D eigenvalue weighted by molar-refractivity contribution is 4.47. The normalized spacial score (nSPS) is 25.0. The molecule has 54 valence electrons. The monoisotopic (exact) mass is 129 g/mol. The lowest BCUT2D eigenvalue weighted by molar-refractivity contribution is -0.145. The van der Waals surface area contributed by atoms with E-state index in [0.29, 0.717) is 0 Å². The molecule has 0 aromatic heterocycles. The lowest BCUT2D eigenvalue weighted by Crippen LogP contribution is -2.22. The average molecular weight is 129 g/mol. The molecule has 0 saturated carbocycles. The van der Waals surface area contributed by atoms with E-state index >= 15 is 0 Å². The highest BCUT2D eigenvalue weighted by Crippen LogP contribution is 2.05. The van der Waals surface area contributed by atoms with Crippen molar-refractivity contribution in [2.24, 2.45) is 0 Å². The van der Waals surface area contributed by atoms with Crippen LogP contribution in [0.15, 0.2) is 0 Å². The summed E-state index contributed by atoms with van der Waals surface area (Å²) in [7, 11) is 2.01. The van der Waals surface area contributed by atoms with Crippen LogP contribution in [-0.4, -0.2) is 25.3 Å². The van der Waals surface area contributed by atoms with Crippen LogP contribution in [0.4, 0.5) is 0 Å². The molecule has 1 rings (SSSR count). The van der Waals surface area contributed by atoms with Crippen LogP contribution in [0.25, 0.3) is 0 Å². The molecule has 0 aliphatic carbocycles. The Balaban J connectivity index is 2.12. The van der Waals surface area contributed by atoms with Crippen molar-refractivity contribution in [3.8, 4) is 0 Å². The molecule has 0 amide bonds. The van der Waals surface area contributed by atoms with Gasteiger partial charge in [0.2, 0.25) is 0 Å². The predicted molar refractivity (Wildman–Crippen MR) is 37.0 cm³/mol. The summed E-state index contributed by atoms with van der Waals surface area (Å²) >= 11 is 0. The number of nitrogens with zero attached hydrogens (tertiary/aromatic N) is 1. The second-order valence-electron chi connectivity index (χ2n) is 2.60. The van der Waals surface area contributed by atoms with E-state index in [-0.39, 0.29) is 0 Å². The van der Waals surface area contributed by atoms with Crippen molar-refractivity contribution in [1.82, 2.24) is 5.06 Å². The third kappa shape index (κ3) is 2.82. The van der Waals surface area contributed by atoms with Crippen LogP contribution < -0.4 is 0 Å².